The lowest BCUT2D eigenvalue weighted by Gasteiger charge is -2.14. The number of anilines is 1. The molecule has 0 saturated heterocycles. The van der Waals surface area contributed by atoms with Gasteiger partial charge < -0.3 is 19.5 Å². The SMILES string of the molecule is COc1cc(-c2cnc3c(NCC4CC4)nccn23)cc(OC)c1OC. The van der Waals surface area contributed by atoms with Gasteiger partial charge in [0.05, 0.1) is 33.2 Å². The van der Waals surface area contributed by atoms with E-state index in [1.54, 1.807) is 27.5 Å². The second-order valence-corrected chi connectivity index (χ2v) is 6.35. The summed E-state index contributed by atoms with van der Waals surface area (Å²) < 4.78 is 18.4. The Morgan fingerprint density at radius 3 is 2.42 bits per heavy atom. The van der Waals surface area contributed by atoms with E-state index in [1.165, 1.54) is 12.8 Å². The highest BCUT2D eigenvalue weighted by atomic mass is 16.5. The molecule has 0 atom stereocenters. The van der Waals surface area contributed by atoms with Gasteiger partial charge >= 0.3 is 0 Å². The second-order valence-electron chi connectivity index (χ2n) is 6.35. The molecule has 0 bridgehead atoms. The maximum atomic E-state index is 5.47. The smallest absolute Gasteiger partial charge is 0.203 e. The first-order chi connectivity index (χ1) is 12.7. The van der Waals surface area contributed by atoms with Crippen LogP contribution >= 0.6 is 0 Å². The van der Waals surface area contributed by atoms with Gasteiger partial charge in [0.2, 0.25) is 5.75 Å². The molecule has 0 amide bonds. The van der Waals surface area contributed by atoms with Gasteiger partial charge in [-0.05, 0) is 30.9 Å². The number of fused-ring (bicyclic) bond motifs is 1. The van der Waals surface area contributed by atoms with E-state index in [0.717, 1.165) is 35.2 Å². The molecule has 0 aliphatic heterocycles. The van der Waals surface area contributed by atoms with Crippen LogP contribution in [0, 0.1) is 5.92 Å². The molecular formula is C19H22N4O3. The molecule has 7 nitrogen and oxygen atoms in total. The third-order valence-electron chi connectivity index (χ3n) is 4.64. The van der Waals surface area contributed by atoms with Crippen LogP contribution in [-0.2, 0) is 0 Å². The van der Waals surface area contributed by atoms with Gasteiger partial charge in [-0.1, -0.05) is 0 Å². The third-order valence-corrected chi connectivity index (χ3v) is 4.64. The Bertz CT molecular complexity index is 909. The highest BCUT2D eigenvalue weighted by molar-refractivity contribution is 5.74. The van der Waals surface area contributed by atoms with Gasteiger partial charge in [-0.2, -0.15) is 0 Å². The minimum Gasteiger partial charge on any atom is -0.493 e. The fourth-order valence-electron chi connectivity index (χ4n) is 3.05. The molecule has 1 aliphatic carbocycles. The maximum Gasteiger partial charge on any atom is 0.203 e. The average molecular weight is 354 g/mol. The number of ether oxygens (including phenoxy) is 3. The Morgan fingerprint density at radius 1 is 1.08 bits per heavy atom. The molecule has 2 heterocycles. The van der Waals surface area contributed by atoms with E-state index < -0.39 is 0 Å². The summed E-state index contributed by atoms with van der Waals surface area (Å²) in [5.41, 5.74) is 2.65. The number of rotatable bonds is 7. The first-order valence-corrected chi connectivity index (χ1v) is 8.61. The van der Waals surface area contributed by atoms with Crippen LogP contribution < -0.4 is 19.5 Å². The predicted octanol–water partition coefficient (Wildman–Crippen LogP) is 3.24. The van der Waals surface area contributed by atoms with Crippen molar-refractivity contribution in [2.45, 2.75) is 12.8 Å². The molecule has 0 unspecified atom stereocenters. The number of nitrogens with one attached hydrogen (secondary N) is 1. The van der Waals surface area contributed by atoms with Crippen LogP contribution in [0.3, 0.4) is 0 Å². The van der Waals surface area contributed by atoms with Gasteiger partial charge in [-0.3, -0.25) is 4.40 Å². The van der Waals surface area contributed by atoms with Gasteiger partial charge in [0.15, 0.2) is 23.0 Å². The molecule has 3 aromatic rings. The summed E-state index contributed by atoms with van der Waals surface area (Å²) in [6.07, 6.45) is 8.11. The van der Waals surface area contributed by atoms with E-state index in [4.69, 9.17) is 14.2 Å². The van der Waals surface area contributed by atoms with Crippen molar-refractivity contribution in [1.29, 1.82) is 0 Å². The second kappa shape index (κ2) is 6.74. The first kappa shape index (κ1) is 16.5. The quantitative estimate of drug-likeness (QED) is 0.702. The molecule has 4 rings (SSSR count). The zero-order chi connectivity index (χ0) is 18.1. The number of benzene rings is 1. The number of aromatic nitrogens is 3. The standard InChI is InChI=1S/C19H22N4O3/c1-24-15-8-13(9-16(25-2)17(15)26-3)14-11-22-19-18(20-6-7-23(14)19)21-10-12-4-5-12/h6-9,11-12H,4-5,10H2,1-3H3,(H,20,21). The molecule has 136 valence electrons. The molecule has 1 N–H and O–H groups in total. The zero-order valence-corrected chi connectivity index (χ0v) is 15.2. The Morgan fingerprint density at radius 2 is 1.81 bits per heavy atom. The van der Waals surface area contributed by atoms with Crippen LogP contribution in [0.5, 0.6) is 17.2 Å². The van der Waals surface area contributed by atoms with Crippen LogP contribution in [0.25, 0.3) is 16.9 Å². The lowest BCUT2D eigenvalue weighted by Crippen LogP contribution is -2.06. The number of hydrogen-bond acceptors (Lipinski definition) is 6. The largest absolute Gasteiger partial charge is 0.493 e. The molecule has 1 aromatic carbocycles. The van der Waals surface area contributed by atoms with Crippen LogP contribution in [0.2, 0.25) is 0 Å². The van der Waals surface area contributed by atoms with E-state index in [2.05, 4.69) is 15.3 Å². The molecule has 26 heavy (non-hydrogen) atoms. The van der Waals surface area contributed by atoms with Gasteiger partial charge in [0.25, 0.3) is 0 Å². The maximum absolute atomic E-state index is 5.47. The zero-order valence-electron chi connectivity index (χ0n) is 15.2. The summed E-state index contributed by atoms with van der Waals surface area (Å²) in [5.74, 6) is 3.36. The summed E-state index contributed by atoms with van der Waals surface area (Å²) in [7, 11) is 4.82. The van der Waals surface area contributed by atoms with Crippen LogP contribution in [0.4, 0.5) is 5.82 Å². The van der Waals surface area contributed by atoms with Crippen molar-refractivity contribution < 1.29 is 14.2 Å². The lowest BCUT2D eigenvalue weighted by atomic mass is 10.1. The summed E-state index contributed by atoms with van der Waals surface area (Å²) in [6, 6.07) is 3.84. The van der Waals surface area contributed by atoms with Crippen molar-refractivity contribution in [1.82, 2.24) is 14.4 Å². The number of hydrogen-bond donors (Lipinski definition) is 1. The van der Waals surface area contributed by atoms with E-state index in [0.29, 0.717) is 17.2 Å². The van der Waals surface area contributed by atoms with Gasteiger partial charge in [0.1, 0.15) is 0 Å². The number of nitrogens with zero attached hydrogens (tertiary/aromatic N) is 3. The van der Waals surface area contributed by atoms with Crippen LogP contribution in [-0.4, -0.2) is 42.2 Å². The van der Waals surface area contributed by atoms with E-state index in [-0.39, 0.29) is 0 Å². The van der Waals surface area contributed by atoms with Crippen molar-refractivity contribution >= 4 is 11.5 Å². The molecule has 2 aromatic heterocycles. The molecule has 1 saturated carbocycles. The van der Waals surface area contributed by atoms with Crippen molar-refractivity contribution in [2.75, 3.05) is 33.2 Å². The molecule has 1 fully saturated rings. The Labute approximate surface area is 151 Å². The molecule has 0 radical (unpaired) electrons. The number of methoxy groups -OCH3 is 3. The van der Waals surface area contributed by atoms with Crippen LogP contribution in [0.1, 0.15) is 12.8 Å². The van der Waals surface area contributed by atoms with Crippen molar-refractivity contribution in [3.63, 3.8) is 0 Å². The highest BCUT2D eigenvalue weighted by Gasteiger charge is 2.22. The van der Waals surface area contributed by atoms with E-state index in [1.807, 2.05) is 28.9 Å². The molecule has 1 aliphatic rings. The van der Waals surface area contributed by atoms with E-state index >= 15 is 0 Å². The fourth-order valence-corrected chi connectivity index (χ4v) is 3.05. The predicted molar refractivity (Wildman–Crippen MR) is 99.3 cm³/mol. The van der Waals surface area contributed by atoms with E-state index in [9.17, 15) is 0 Å². The Kier molecular flexibility index (Phi) is 4.28. The topological polar surface area (TPSA) is 69.9 Å². The fraction of sp³-hybridized carbons (Fsp3) is 0.368. The summed E-state index contributed by atoms with van der Waals surface area (Å²) in [5, 5.41) is 3.41. The summed E-state index contributed by atoms with van der Waals surface area (Å²) >= 11 is 0. The summed E-state index contributed by atoms with van der Waals surface area (Å²) in [4.78, 5) is 9.02. The average Bonchev–Trinajstić information content (AvgIpc) is 3.41. The molecule has 7 heteroatoms. The van der Waals surface area contributed by atoms with Gasteiger partial charge in [-0.25, -0.2) is 9.97 Å². The van der Waals surface area contributed by atoms with Gasteiger partial charge in [-0.15, -0.1) is 0 Å². The van der Waals surface area contributed by atoms with Crippen molar-refractivity contribution in [2.24, 2.45) is 5.92 Å². The number of imidazole rings is 1. The van der Waals surface area contributed by atoms with Crippen molar-refractivity contribution in [3.8, 4) is 28.5 Å². The highest BCUT2D eigenvalue weighted by Crippen LogP contribution is 2.41. The van der Waals surface area contributed by atoms with Crippen molar-refractivity contribution in [3.05, 3.63) is 30.7 Å². The minimum absolute atomic E-state index is 0.570. The molecular weight excluding hydrogens is 332 g/mol. The lowest BCUT2D eigenvalue weighted by molar-refractivity contribution is 0.324. The Balaban J connectivity index is 1.78. The Hall–Kier alpha value is -2.96. The van der Waals surface area contributed by atoms with Crippen LogP contribution in [0.15, 0.2) is 30.7 Å². The summed E-state index contributed by atoms with van der Waals surface area (Å²) in [6.45, 7) is 0.944. The third kappa shape index (κ3) is 2.89. The molecule has 0 spiro atoms. The first-order valence-electron chi connectivity index (χ1n) is 8.61. The minimum atomic E-state index is 0.570. The van der Waals surface area contributed by atoms with Gasteiger partial charge in [0, 0.05) is 24.5 Å². The monoisotopic (exact) mass is 354 g/mol. The normalized spacial score (nSPS) is 13.7.